The molecule has 142 valence electrons. The van der Waals surface area contributed by atoms with Gasteiger partial charge in [-0.2, -0.15) is 17.1 Å². The van der Waals surface area contributed by atoms with Crippen LogP contribution in [-0.4, -0.2) is 60.7 Å². The van der Waals surface area contributed by atoms with Gasteiger partial charge in [0.15, 0.2) is 0 Å². The number of rotatable bonds is 8. The predicted molar refractivity (Wildman–Crippen MR) is 97.3 cm³/mol. The highest BCUT2D eigenvalue weighted by atomic mass is 32.3. The zero-order valence-electron chi connectivity index (χ0n) is 14.4. The van der Waals surface area contributed by atoms with E-state index in [9.17, 15) is 16.8 Å². The minimum absolute atomic E-state index is 0.0548. The Morgan fingerprint density at radius 1 is 1.52 bits per heavy atom. The molecular formula is C14H23N3O5S3. The van der Waals surface area contributed by atoms with Crippen LogP contribution < -0.4 is 5.32 Å². The van der Waals surface area contributed by atoms with Gasteiger partial charge in [0.2, 0.25) is 0 Å². The summed E-state index contributed by atoms with van der Waals surface area (Å²) >= 11 is 0.759. The fourth-order valence-electron chi connectivity index (χ4n) is 2.66. The van der Waals surface area contributed by atoms with E-state index in [1.807, 2.05) is 6.92 Å². The van der Waals surface area contributed by atoms with Crippen molar-refractivity contribution in [3.8, 4) is 0 Å². The van der Waals surface area contributed by atoms with Crippen LogP contribution >= 0.6 is 11.3 Å². The van der Waals surface area contributed by atoms with Gasteiger partial charge >= 0.3 is 0 Å². The number of sulfonamides is 2. The van der Waals surface area contributed by atoms with Crippen LogP contribution in [0.15, 0.2) is 18.9 Å². The van der Waals surface area contributed by atoms with E-state index >= 15 is 0 Å². The molecule has 1 aliphatic heterocycles. The summed E-state index contributed by atoms with van der Waals surface area (Å²) in [5.74, 6) is 0. The van der Waals surface area contributed by atoms with Crippen LogP contribution in [0.4, 0.5) is 0 Å². The maximum atomic E-state index is 12.9. The van der Waals surface area contributed by atoms with E-state index in [4.69, 9.17) is 4.74 Å². The molecule has 11 heteroatoms. The fourth-order valence-corrected chi connectivity index (χ4v) is 7.42. The number of methoxy groups -OCH3 is 1. The lowest BCUT2D eigenvalue weighted by molar-refractivity contribution is 0.185. The molecule has 1 atom stereocenters. The second-order valence-corrected chi connectivity index (χ2v) is 10.5. The summed E-state index contributed by atoms with van der Waals surface area (Å²) in [5.41, 5.74) is 0.500. The molecule has 1 aromatic rings. The van der Waals surface area contributed by atoms with E-state index in [0.29, 0.717) is 31.7 Å². The lowest BCUT2D eigenvalue weighted by atomic mass is 10.1. The second kappa shape index (κ2) is 8.23. The quantitative estimate of drug-likeness (QED) is 0.511. The highest BCUT2D eigenvalue weighted by Crippen LogP contribution is 2.40. The lowest BCUT2D eigenvalue weighted by Gasteiger charge is -2.32. The van der Waals surface area contributed by atoms with Crippen molar-refractivity contribution in [2.75, 3.05) is 33.4 Å². The molecule has 0 radical (unpaired) electrons. The maximum absolute atomic E-state index is 12.9. The predicted octanol–water partition coefficient (Wildman–Crippen LogP) is 1.22. The van der Waals surface area contributed by atoms with Gasteiger partial charge in [-0.25, -0.2) is 8.42 Å². The van der Waals surface area contributed by atoms with E-state index < -0.39 is 20.0 Å². The van der Waals surface area contributed by atoms with Gasteiger partial charge in [0.25, 0.3) is 20.0 Å². The molecule has 8 nitrogen and oxygen atoms in total. The Bertz CT molecular complexity index is 830. The highest BCUT2D eigenvalue weighted by molar-refractivity contribution is 7.94. The number of likely N-dealkylation sites (N-methyl/N-ethyl adjacent to an activating group) is 1. The van der Waals surface area contributed by atoms with Crippen LogP contribution in [-0.2, 0) is 24.8 Å². The summed E-state index contributed by atoms with van der Waals surface area (Å²) in [5, 5.41) is 3.23. The fraction of sp³-hybridized carbons (Fsp3) is 0.643. The van der Waals surface area contributed by atoms with Gasteiger partial charge < -0.3 is 10.1 Å². The number of nitrogens with one attached hydrogen (secondary N) is 1. The molecule has 0 amide bonds. The largest absolute Gasteiger partial charge is 0.385 e. The zero-order valence-corrected chi connectivity index (χ0v) is 16.9. The van der Waals surface area contributed by atoms with Gasteiger partial charge in [0.05, 0.1) is 0 Å². The summed E-state index contributed by atoms with van der Waals surface area (Å²) < 4.78 is 60.0. The number of hydrogen-bond donors (Lipinski definition) is 1. The van der Waals surface area contributed by atoms with E-state index in [0.717, 1.165) is 11.3 Å². The van der Waals surface area contributed by atoms with Crippen molar-refractivity contribution in [1.29, 1.82) is 0 Å². The Morgan fingerprint density at radius 3 is 2.84 bits per heavy atom. The summed E-state index contributed by atoms with van der Waals surface area (Å²) in [6.07, 6.45) is 1.75. The molecule has 2 rings (SSSR count). The van der Waals surface area contributed by atoms with Crippen molar-refractivity contribution >= 4 is 37.6 Å². The normalized spacial score (nSPS) is 20.8. The van der Waals surface area contributed by atoms with E-state index in [-0.39, 0.29) is 21.0 Å². The first-order chi connectivity index (χ1) is 11.8. The van der Waals surface area contributed by atoms with Crippen LogP contribution in [0.25, 0.3) is 0 Å². The monoisotopic (exact) mass is 409 g/mol. The van der Waals surface area contributed by atoms with E-state index in [1.165, 1.54) is 23.5 Å². The number of nitrogens with zero attached hydrogens (tertiary/aromatic N) is 2. The molecule has 2 heterocycles. The van der Waals surface area contributed by atoms with Crippen molar-refractivity contribution < 1.29 is 21.6 Å². The zero-order chi connectivity index (χ0) is 18.7. The minimum atomic E-state index is -3.87. The molecule has 0 aromatic carbocycles. The standard InChI is InChI=1S/C14H23N3O5S3/c1-4-15-12-10-17(7-6-8-22-3)25(20,21)14-11(12)9-13(23-14)24(18,19)16-5-2/h5,9,12,15H,4,6-8,10H2,1-3H3/t12-/m0/s1. The average molecular weight is 410 g/mol. The Morgan fingerprint density at radius 2 is 2.24 bits per heavy atom. The lowest BCUT2D eigenvalue weighted by Crippen LogP contribution is -2.43. The van der Waals surface area contributed by atoms with Crippen LogP contribution in [0.3, 0.4) is 0 Å². The minimum Gasteiger partial charge on any atom is -0.385 e. The Kier molecular flexibility index (Phi) is 6.74. The molecule has 0 aliphatic carbocycles. The molecule has 0 saturated carbocycles. The first kappa shape index (κ1) is 20.5. The molecule has 25 heavy (non-hydrogen) atoms. The number of thiophene rings is 1. The van der Waals surface area contributed by atoms with Gasteiger partial charge in [-0.15, -0.1) is 11.3 Å². The summed E-state index contributed by atoms with van der Waals surface area (Å²) in [6, 6.07) is 1.18. The third-order valence-corrected chi connectivity index (χ3v) is 9.08. The van der Waals surface area contributed by atoms with Crippen molar-refractivity contribution in [2.24, 2.45) is 4.40 Å². The van der Waals surface area contributed by atoms with Crippen LogP contribution in [0, 0.1) is 0 Å². The van der Waals surface area contributed by atoms with Crippen molar-refractivity contribution in [3.05, 3.63) is 11.6 Å². The molecule has 1 aromatic heterocycles. The van der Waals surface area contributed by atoms with Crippen molar-refractivity contribution in [3.63, 3.8) is 0 Å². The molecule has 1 aliphatic rings. The van der Waals surface area contributed by atoms with E-state index in [2.05, 4.69) is 9.71 Å². The Labute approximate surface area is 153 Å². The van der Waals surface area contributed by atoms with Crippen LogP contribution in [0.1, 0.15) is 31.9 Å². The van der Waals surface area contributed by atoms with Crippen molar-refractivity contribution in [2.45, 2.75) is 34.7 Å². The molecule has 1 N–H and O–H groups in total. The van der Waals surface area contributed by atoms with Crippen molar-refractivity contribution in [1.82, 2.24) is 9.62 Å². The van der Waals surface area contributed by atoms with Crippen LogP contribution in [0.2, 0.25) is 0 Å². The molecular weight excluding hydrogens is 386 g/mol. The topological polar surface area (TPSA) is 105 Å². The number of ether oxygens (including phenoxy) is 1. The molecule has 0 spiro atoms. The average Bonchev–Trinajstić information content (AvgIpc) is 2.99. The Hall–Kier alpha value is -0.850. The molecule has 0 saturated heterocycles. The number of hydrogen-bond acceptors (Lipinski definition) is 7. The summed E-state index contributed by atoms with van der Waals surface area (Å²) in [4.78, 5) is 0. The van der Waals surface area contributed by atoms with Gasteiger partial charge in [-0.05, 0) is 26.0 Å². The first-order valence-electron chi connectivity index (χ1n) is 7.89. The smallest absolute Gasteiger partial charge is 0.291 e. The van der Waals surface area contributed by atoms with Gasteiger partial charge in [-0.3, -0.25) is 0 Å². The molecule has 0 unspecified atom stereocenters. The summed E-state index contributed by atoms with van der Waals surface area (Å²) in [6.45, 7) is 5.11. The van der Waals surface area contributed by atoms with Gasteiger partial charge in [0, 0.05) is 44.6 Å². The third-order valence-electron chi connectivity index (χ3n) is 3.74. The molecule has 0 bridgehead atoms. The SMILES string of the molecule is CC=NS(=O)(=O)c1cc2c(s1)S(=O)(=O)N(CCCOC)C[C@@H]2NCC. The Balaban J connectivity index is 2.48. The van der Waals surface area contributed by atoms with Crippen LogP contribution in [0.5, 0.6) is 0 Å². The maximum Gasteiger partial charge on any atom is 0.291 e. The van der Waals surface area contributed by atoms with Gasteiger partial charge in [0.1, 0.15) is 8.42 Å². The first-order valence-corrected chi connectivity index (χ1v) is 11.6. The second-order valence-electron chi connectivity index (χ2n) is 5.47. The third kappa shape index (κ3) is 4.29. The molecule has 0 fully saturated rings. The van der Waals surface area contributed by atoms with E-state index in [1.54, 1.807) is 7.11 Å². The summed E-state index contributed by atoms with van der Waals surface area (Å²) in [7, 11) is -6.04. The number of fused-ring (bicyclic) bond motifs is 1. The van der Waals surface area contributed by atoms with Gasteiger partial charge in [-0.1, -0.05) is 6.92 Å². The highest BCUT2D eigenvalue weighted by Gasteiger charge is 2.39.